The summed E-state index contributed by atoms with van der Waals surface area (Å²) in [7, 11) is 0. The van der Waals surface area contributed by atoms with Crippen LogP contribution in [0.1, 0.15) is 41.6 Å². The van der Waals surface area contributed by atoms with Gasteiger partial charge in [0.25, 0.3) is 5.91 Å². The molecule has 1 unspecified atom stereocenters. The summed E-state index contributed by atoms with van der Waals surface area (Å²) in [6, 6.07) is 6.90. The fourth-order valence-corrected chi connectivity index (χ4v) is 3.33. The molecule has 2 rings (SSSR count). The molecule has 13 heteroatoms. The fraction of sp³-hybridized carbons (Fsp3) is 0.150. The first-order valence-electron chi connectivity index (χ1n) is 9.18. The fourth-order valence-electron chi connectivity index (χ4n) is 2.79. The Hall–Kier alpha value is -3.83. The number of carboxylic acid groups (broad SMARTS) is 2. The first kappa shape index (κ1) is 25.4. The lowest BCUT2D eigenvalue weighted by Crippen LogP contribution is -2.39. The van der Waals surface area contributed by atoms with Crippen LogP contribution in [0.5, 0.6) is 0 Å². The smallest absolute Gasteiger partial charge is 0.335 e. The molecule has 2 aromatic rings. The number of nitrogens with one attached hydrogen (secondary N) is 2. The van der Waals surface area contributed by atoms with E-state index >= 15 is 0 Å². The van der Waals surface area contributed by atoms with Gasteiger partial charge in [-0.25, -0.2) is 9.79 Å². The summed E-state index contributed by atoms with van der Waals surface area (Å²) in [4.78, 5) is 51.1. The van der Waals surface area contributed by atoms with Gasteiger partial charge in [0.1, 0.15) is 0 Å². The number of halogens is 2. The molecular formula is C20H23Cl2N5O6. The molecule has 0 aliphatic heterocycles. The Bertz CT molecular complexity index is 1120. The van der Waals surface area contributed by atoms with Gasteiger partial charge in [-0.2, -0.15) is 0 Å². The lowest BCUT2D eigenvalue weighted by molar-refractivity contribution is -0.137. The van der Waals surface area contributed by atoms with Crippen LogP contribution in [0.2, 0.25) is 10.0 Å². The molecule has 0 aliphatic rings. The van der Waals surface area contributed by atoms with E-state index < -0.39 is 42.8 Å². The second-order valence-electron chi connectivity index (χ2n) is 6.71. The van der Waals surface area contributed by atoms with E-state index in [-0.39, 0.29) is 35.7 Å². The number of aliphatic carboxylic acids is 1. The standard InChI is InChI=1S/C20H19Cl2N5O6.2H2/c21-12-2-9(3-13(22)6-12)15(7-17(29)30)27-16(28)8-25-18(31)10-1-11(19(32)33)5-14(4-10)26-20(23)24;;/h1-6,15H,7-8H2,(H,25,31)(H,27,28)(H,29,30)(H,32,33)(H4,23,24,26);2*1H. The number of hydrogen-bond donors (Lipinski definition) is 6. The van der Waals surface area contributed by atoms with Gasteiger partial charge in [0, 0.05) is 18.5 Å². The van der Waals surface area contributed by atoms with E-state index in [1.807, 2.05) is 0 Å². The first-order chi connectivity index (χ1) is 15.4. The highest BCUT2D eigenvalue weighted by Gasteiger charge is 2.20. The van der Waals surface area contributed by atoms with Gasteiger partial charge in [-0.05, 0) is 42.0 Å². The Morgan fingerprint density at radius 2 is 1.58 bits per heavy atom. The third kappa shape index (κ3) is 7.98. The second-order valence-corrected chi connectivity index (χ2v) is 7.59. The number of aliphatic imine (C=N–C) groups is 1. The molecule has 0 spiro atoms. The third-order valence-electron chi connectivity index (χ3n) is 4.10. The van der Waals surface area contributed by atoms with Gasteiger partial charge in [-0.3, -0.25) is 14.4 Å². The quantitative estimate of drug-likeness (QED) is 0.222. The highest BCUT2D eigenvalue weighted by molar-refractivity contribution is 6.34. The first-order valence-corrected chi connectivity index (χ1v) is 9.93. The Kier molecular flexibility index (Phi) is 8.60. The van der Waals surface area contributed by atoms with Gasteiger partial charge in [0.15, 0.2) is 5.96 Å². The molecule has 1 atom stereocenters. The average Bonchev–Trinajstić information content (AvgIpc) is 2.69. The van der Waals surface area contributed by atoms with Gasteiger partial charge in [-0.15, -0.1) is 0 Å². The van der Waals surface area contributed by atoms with Crippen LogP contribution in [0.15, 0.2) is 41.4 Å². The summed E-state index contributed by atoms with van der Waals surface area (Å²) < 4.78 is 0. The van der Waals surface area contributed by atoms with Crippen molar-refractivity contribution in [3.05, 3.63) is 63.1 Å². The van der Waals surface area contributed by atoms with Crippen molar-refractivity contribution in [2.45, 2.75) is 12.5 Å². The van der Waals surface area contributed by atoms with Gasteiger partial charge in [-0.1, -0.05) is 23.2 Å². The molecule has 8 N–H and O–H groups in total. The van der Waals surface area contributed by atoms with Crippen molar-refractivity contribution in [3.63, 3.8) is 0 Å². The number of carbonyl (C=O) groups excluding carboxylic acids is 2. The van der Waals surface area contributed by atoms with Gasteiger partial charge in [0.2, 0.25) is 5.91 Å². The highest BCUT2D eigenvalue weighted by atomic mass is 35.5. The Morgan fingerprint density at radius 1 is 0.970 bits per heavy atom. The van der Waals surface area contributed by atoms with Crippen molar-refractivity contribution in [1.82, 2.24) is 10.6 Å². The Balaban J connectivity index is 0.00000578. The predicted octanol–water partition coefficient (Wildman–Crippen LogP) is 2.15. The number of amides is 2. The maximum atomic E-state index is 12.5. The van der Waals surface area contributed by atoms with E-state index in [2.05, 4.69) is 15.6 Å². The summed E-state index contributed by atoms with van der Waals surface area (Å²) in [6.45, 7) is -0.530. The number of rotatable bonds is 9. The molecule has 11 nitrogen and oxygen atoms in total. The SMILES string of the molecule is NC(N)=Nc1cc(C(=O)O)cc(C(=O)NCC(=O)NC(CC(=O)O)c2cc(Cl)cc(Cl)c2)c1.[HH].[HH]. The molecule has 0 bridgehead atoms. The lowest BCUT2D eigenvalue weighted by atomic mass is 10.0. The zero-order chi connectivity index (χ0) is 24.7. The Labute approximate surface area is 200 Å². The van der Waals surface area contributed by atoms with E-state index in [0.29, 0.717) is 5.56 Å². The highest BCUT2D eigenvalue weighted by Crippen LogP contribution is 2.25. The number of nitrogens with two attached hydrogens (primary N) is 2. The number of hydrogen-bond acceptors (Lipinski definition) is 5. The monoisotopic (exact) mass is 499 g/mol. The van der Waals surface area contributed by atoms with Crippen molar-refractivity contribution < 1.29 is 32.2 Å². The Morgan fingerprint density at radius 3 is 2.12 bits per heavy atom. The van der Waals surface area contributed by atoms with E-state index in [9.17, 15) is 24.3 Å². The van der Waals surface area contributed by atoms with Crippen LogP contribution in [0, 0.1) is 0 Å². The van der Waals surface area contributed by atoms with Crippen LogP contribution >= 0.6 is 23.2 Å². The summed E-state index contributed by atoms with van der Waals surface area (Å²) in [5.74, 6) is -4.32. The van der Waals surface area contributed by atoms with E-state index in [0.717, 1.165) is 12.1 Å². The predicted molar refractivity (Wildman–Crippen MR) is 125 cm³/mol. The molecule has 0 saturated heterocycles. The maximum absolute atomic E-state index is 12.5. The van der Waals surface area contributed by atoms with Crippen molar-refractivity contribution >= 4 is 58.6 Å². The molecule has 0 radical (unpaired) electrons. The molecule has 0 aromatic heterocycles. The van der Waals surface area contributed by atoms with E-state index in [1.54, 1.807) is 0 Å². The topological polar surface area (TPSA) is 197 Å². The van der Waals surface area contributed by atoms with Crippen LogP contribution in [0.25, 0.3) is 0 Å². The molecular weight excluding hydrogens is 477 g/mol. The van der Waals surface area contributed by atoms with Crippen LogP contribution in [0.3, 0.4) is 0 Å². The minimum atomic E-state index is -1.31. The average molecular weight is 500 g/mol. The second kappa shape index (κ2) is 11.2. The number of carbonyl (C=O) groups is 4. The van der Waals surface area contributed by atoms with Crippen LogP contribution in [-0.2, 0) is 9.59 Å². The van der Waals surface area contributed by atoms with E-state index in [4.69, 9.17) is 39.8 Å². The largest absolute Gasteiger partial charge is 0.481 e. The molecule has 178 valence electrons. The molecule has 2 aromatic carbocycles. The van der Waals surface area contributed by atoms with Crippen LogP contribution in [0.4, 0.5) is 5.69 Å². The summed E-state index contributed by atoms with van der Waals surface area (Å²) in [5.41, 5.74) is 10.6. The van der Waals surface area contributed by atoms with Crippen molar-refractivity contribution in [2.24, 2.45) is 16.5 Å². The van der Waals surface area contributed by atoms with Crippen molar-refractivity contribution in [3.8, 4) is 0 Å². The molecule has 0 saturated carbocycles. The molecule has 2 amide bonds. The minimum Gasteiger partial charge on any atom is -0.481 e. The van der Waals surface area contributed by atoms with Crippen LogP contribution < -0.4 is 22.1 Å². The number of guanidine groups is 1. The van der Waals surface area contributed by atoms with Crippen molar-refractivity contribution in [1.29, 1.82) is 0 Å². The number of aromatic carboxylic acids is 1. The van der Waals surface area contributed by atoms with Gasteiger partial charge < -0.3 is 32.3 Å². The van der Waals surface area contributed by atoms with Gasteiger partial charge >= 0.3 is 11.9 Å². The third-order valence-corrected chi connectivity index (χ3v) is 4.53. The zero-order valence-electron chi connectivity index (χ0n) is 16.8. The number of benzene rings is 2. The van der Waals surface area contributed by atoms with Crippen LogP contribution in [-0.4, -0.2) is 46.5 Å². The molecule has 0 fully saturated rings. The molecule has 33 heavy (non-hydrogen) atoms. The van der Waals surface area contributed by atoms with Crippen molar-refractivity contribution in [2.75, 3.05) is 6.54 Å². The minimum absolute atomic E-state index is 0. The number of nitrogens with zero attached hydrogens (tertiary/aromatic N) is 1. The summed E-state index contributed by atoms with van der Waals surface area (Å²) >= 11 is 11.9. The molecule has 0 heterocycles. The summed E-state index contributed by atoms with van der Waals surface area (Å²) in [6.07, 6.45) is -0.459. The molecule has 0 aliphatic carbocycles. The number of carboxylic acids is 2. The summed E-state index contributed by atoms with van der Waals surface area (Å²) in [5, 5.41) is 23.7. The maximum Gasteiger partial charge on any atom is 0.335 e. The zero-order valence-corrected chi connectivity index (χ0v) is 18.4. The van der Waals surface area contributed by atoms with Gasteiger partial charge in [0.05, 0.1) is 30.3 Å². The van der Waals surface area contributed by atoms with E-state index in [1.165, 1.54) is 24.3 Å². The normalized spacial score (nSPS) is 11.2. The lowest BCUT2D eigenvalue weighted by Gasteiger charge is -2.18.